The first kappa shape index (κ1) is 18.2. The average Bonchev–Trinajstić information content (AvgIpc) is 2.94. The van der Waals surface area contributed by atoms with Crippen LogP contribution in [0.15, 0.2) is 10.4 Å². The minimum absolute atomic E-state index is 0.168. The summed E-state index contributed by atoms with van der Waals surface area (Å²) < 4.78 is 23.5. The van der Waals surface area contributed by atoms with Crippen molar-refractivity contribution in [2.24, 2.45) is 4.99 Å². The Hall–Kier alpha value is -1.15. The van der Waals surface area contributed by atoms with E-state index >= 15 is 0 Å². The molecule has 0 spiro atoms. The second-order valence-electron chi connectivity index (χ2n) is 6.26. The van der Waals surface area contributed by atoms with Gasteiger partial charge in [0.25, 0.3) is 0 Å². The van der Waals surface area contributed by atoms with Crippen LogP contribution in [-0.2, 0) is 22.8 Å². The maximum Gasteiger partial charge on any atom is 0.194 e. The summed E-state index contributed by atoms with van der Waals surface area (Å²) in [4.78, 5) is 11.2. The Morgan fingerprint density at radius 2 is 2.22 bits per heavy atom. The van der Waals surface area contributed by atoms with Gasteiger partial charge in [0, 0.05) is 25.0 Å². The fourth-order valence-electron chi connectivity index (χ4n) is 2.49. The summed E-state index contributed by atoms with van der Waals surface area (Å²) in [5, 5.41) is 6.42. The summed E-state index contributed by atoms with van der Waals surface area (Å²) in [7, 11) is -3.04. The molecule has 1 N–H and O–H groups in total. The minimum Gasteiger partial charge on any atom is -0.357 e. The number of nitrogens with zero attached hydrogens (tertiary/aromatic N) is 3. The van der Waals surface area contributed by atoms with Crippen LogP contribution in [0, 0.1) is 0 Å². The number of thiazole rings is 1. The first-order valence-electron chi connectivity index (χ1n) is 7.98. The predicted molar refractivity (Wildman–Crippen MR) is 95.7 cm³/mol. The highest BCUT2D eigenvalue weighted by Crippen LogP contribution is 2.23. The number of guanidine groups is 1. The maximum absolute atomic E-state index is 12.1. The third-order valence-electron chi connectivity index (χ3n) is 3.97. The van der Waals surface area contributed by atoms with Crippen molar-refractivity contribution >= 4 is 27.1 Å². The molecule has 0 bridgehead atoms. The lowest BCUT2D eigenvalue weighted by atomic mass is 10.2. The van der Waals surface area contributed by atoms with Crippen molar-refractivity contribution in [3.05, 3.63) is 16.1 Å². The summed E-state index contributed by atoms with van der Waals surface area (Å²) in [6, 6.07) is 0. The number of aryl methyl sites for hydroxylation is 1. The summed E-state index contributed by atoms with van der Waals surface area (Å²) in [6.45, 7) is 9.87. The molecule has 23 heavy (non-hydrogen) atoms. The van der Waals surface area contributed by atoms with Crippen molar-refractivity contribution in [2.45, 2.75) is 45.4 Å². The Bertz CT molecular complexity index is 665. The zero-order valence-corrected chi connectivity index (χ0v) is 15.9. The molecule has 0 radical (unpaired) electrons. The highest BCUT2D eigenvalue weighted by Gasteiger charge is 2.40. The lowest BCUT2D eigenvalue weighted by Crippen LogP contribution is -2.57. The fourth-order valence-corrected chi connectivity index (χ4v) is 4.59. The van der Waals surface area contributed by atoms with Crippen LogP contribution >= 0.6 is 11.3 Å². The van der Waals surface area contributed by atoms with E-state index in [2.05, 4.69) is 22.2 Å². The van der Waals surface area contributed by atoms with Gasteiger partial charge in [0.15, 0.2) is 15.8 Å². The SMILES string of the molecule is CCNC(=NCc1csc(CC)n1)N1CCS(=O)(=O)C(C)(C)C1. The van der Waals surface area contributed by atoms with E-state index in [4.69, 9.17) is 0 Å². The third kappa shape index (κ3) is 4.23. The van der Waals surface area contributed by atoms with Crippen LogP contribution in [0.2, 0.25) is 0 Å². The standard InChI is InChI=1S/C15H26N4O2S2/c1-5-13-18-12(10-22-13)9-17-14(16-6-2)19-7-8-23(20,21)15(3,4)11-19/h10H,5-9,11H2,1-4H3,(H,16,17). The molecule has 2 rings (SSSR count). The van der Waals surface area contributed by atoms with E-state index in [0.717, 1.165) is 29.6 Å². The van der Waals surface area contributed by atoms with Crippen molar-refractivity contribution in [2.75, 3.05) is 25.4 Å². The zero-order chi connectivity index (χ0) is 17.1. The van der Waals surface area contributed by atoms with Gasteiger partial charge in [-0.05, 0) is 27.2 Å². The minimum atomic E-state index is -3.04. The third-order valence-corrected chi connectivity index (χ3v) is 7.55. The number of hydrogen-bond acceptors (Lipinski definition) is 5. The predicted octanol–water partition coefficient (Wildman–Crippen LogP) is 1.68. The smallest absolute Gasteiger partial charge is 0.194 e. The van der Waals surface area contributed by atoms with Crippen molar-refractivity contribution in [1.29, 1.82) is 0 Å². The quantitative estimate of drug-likeness (QED) is 0.655. The van der Waals surface area contributed by atoms with Gasteiger partial charge in [0.05, 0.1) is 27.7 Å². The molecule has 130 valence electrons. The molecule has 0 atom stereocenters. The Kier molecular flexibility index (Phi) is 5.67. The molecule has 0 unspecified atom stereocenters. The monoisotopic (exact) mass is 358 g/mol. The number of rotatable bonds is 4. The van der Waals surface area contributed by atoms with Crippen LogP contribution in [0.5, 0.6) is 0 Å². The number of hydrogen-bond donors (Lipinski definition) is 1. The van der Waals surface area contributed by atoms with E-state index in [1.54, 1.807) is 25.2 Å². The zero-order valence-electron chi connectivity index (χ0n) is 14.3. The van der Waals surface area contributed by atoms with Crippen LogP contribution in [-0.4, -0.2) is 54.4 Å². The molecule has 0 aliphatic carbocycles. The Labute approximate surface area is 142 Å². The van der Waals surface area contributed by atoms with Gasteiger partial charge in [0.1, 0.15) is 0 Å². The Morgan fingerprint density at radius 1 is 1.48 bits per heavy atom. The van der Waals surface area contributed by atoms with E-state index < -0.39 is 14.6 Å². The molecule has 1 aliphatic rings. The molecule has 1 saturated heterocycles. The normalized spacial score (nSPS) is 20.5. The second-order valence-corrected chi connectivity index (χ2v) is 9.94. The molecule has 1 fully saturated rings. The largest absolute Gasteiger partial charge is 0.357 e. The van der Waals surface area contributed by atoms with Crippen molar-refractivity contribution in [3.8, 4) is 0 Å². The number of nitrogens with one attached hydrogen (secondary N) is 1. The average molecular weight is 359 g/mol. The highest BCUT2D eigenvalue weighted by molar-refractivity contribution is 7.92. The van der Waals surface area contributed by atoms with Gasteiger partial charge in [-0.1, -0.05) is 6.92 Å². The summed E-state index contributed by atoms with van der Waals surface area (Å²) in [6.07, 6.45) is 0.937. The molecule has 0 saturated carbocycles. The molecule has 1 aliphatic heterocycles. The molecule has 1 aromatic rings. The Balaban J connectivity index is 2.13. The van der Waals surface area contributed by atoms with Gasteiger partial charge >= 0.3 is 0 Å². The van der Waals surface area contributed by atoms with Crippen molar-refractivity contribution in [3.63, 3.8) is 0 Å². The lowest BCUT2D eigenvalue weighted by molar-refractivity contribution is 0.353. The first-order valence-corrected chi connectivity index (χ1v) is 10.5. The molecule has 2 heterocycles. The molecule has 0 amide bonds. The van der Waals surface area contributed by atoms with Gasteiger partial charge in [0.2, 0.25) is 0 Å². The van der Waals surface area contributed by atoms with Crippen molar-refractivity contribution in [1.82, 2.24) is 15.2 Å². The van der Waals surface area contributed by atoms with E-state index in [0.29, 0.717) is 19.6 Å². The molecule has 8 heteroatoms. The second kappa shape index (κ2) is 7.17. The lowest BCUT2D eigenvalue weighted by Gasteiger charge is -2.39. The van der Waals surface area contributed by atoms with Gasteiger partial charge in [-0.25, -0.2) is 18.4 Å². The van der Waals surface area contributed by atoms with E-state index in [1.807, 2.05) is 17.2 Å². The summed E-state index contributed by atoms with van der Waals surface area (Å²) >= 11 is 1.66. The molecule has 1 aromatic heterocycles. The summed E-state index contributed by atoms with van der Waals surface area (Å²) in [5.74, 6) is 0.933. The van der Waals surface area contributed by atoms with Crippen LogP contribution in [0.3, 0.4) is 0 Å². The first-order chi connectivity index (χ1) is 10.8. The maximum atomic E-state index is 12.1. The van der Waals surface area contributed by atoms with Gasteiger partial charge in [-0.15, -0.1) is 11.3 Å². The van der Waals surface area contributed by atoms with E-state index in [-0.39, 0.29) is 5.75 Å². The van der Waals surface area contributed by atoms with Crippen LogP contribution in [0.25, 0.3) is 0 Å². The van der Waals surface area contributed by atoms with Crippen LogP contribution in [0.1, 0.15) is 38.4 Å². The fraction of sp³-hybridized carbons (Fsp3) is 0.733. The van der Waals surface area contributed by atoms with Gasteiger partial charge in [-0.2, -0.15) is 0 Å². The Morgan fingerprint density at radius 3 is 2.78 bits per heavy atom. The summed E-state index contributed by atoms with van der Waals surface area (Å²) in [5.41, 5.74) is 0.964. The molecular formula is C15H26N4O2S2. The van der Waals surface area contributed by atoms with E-state index in [9.17, 15) is 8.42 Å². The van der Waals surface area contributed by atoms with Gasteiger partial charge < -0.3 is 10.2 Å². The molecule has 6 nitrogen and oxygen atoms in total. The molecular weight excluding hydrogens is 332 g/mol. The van der Waals surface area contributed by atoms with Crippen LogP contribution in [0.4, 0.5) is 0 Å². The highest BCUT2D eigenvalue weighted by atomic mass is 32.2. The topological polar surface area (TPSA) is 74.7 Å². The van der Waals surface area contributed by atoms with Gasteiger partial charge in [-0.3, -0.25) is 0 Å². The molecule has 0 aromatic carbocycles. The number of sulfone groups is 1. The number of aromatic nitrogens is 1. The number of aliphatic imine (C=N–C) groups is 1. The van der Waals surface area contributed by atoms with Crippen LogP contribution < -0.4 is 5.32 Å². The van der Waals surface area contributed by atoms with Crippen molar-refractivity contribution < 1.29 is 8.42 Å². The van der Waals surface area contributed by atoms with E-state index in [1.165, 1.54) is 0 Å².